The van der Waals surface area contributed by atoms with Crippen LogP contribution in [0.2, 0.25) is 0 Å². The lowest BCUT2D eigenvalue weighted by Gasteiger charge is -2.21. The molecule has 1 rings (SSSR count). The third kappa shape index (κ3) is 3.84. The minimum absolute atomic E-state index is 0.134. The Balaban J connectivity index is 2.86. The molecule has 1 aromatic rings. The van der Waals surface area contributed by atoms with E-state index in [-0.39, 0.29) is 6.10 Å². The van der Waals surface area contributed by atoms with Crippen LogP contribution in [0.25, 0.3) is 0 Å². The Morgan fingerprint density at radius 1 is 1.12 bits per heavy atom. The van der Waals surface area contributed by atoms with Gasteiger partial charge in [-0.25, -0.2) is 0 Å². The summed E-state index contributed by atoms with van der Waals surface area (Å²) in [6.45, 7) is 10.5. The van der Waals surface area contributed by atoms with E-state index in [1.807, 2.05) is 32.0 Å². The van der Waals surface area contributed by atoms with Gasteiger partial charge < -0.3 is 15.8 Å². The first-order valence-electron chi connectivity index (χ1n) is 6.23. The molecule has 0 bridgehead atoms. The Morgan fingerprint density at radius 2 is 1.76 bits per heavy atom. The second kappa shape index (κ2) is 5.80. The highest BCUT2D eigenvalue weighted by Gasteiger charge is 2.11. The monoisotopic (exact) mass is 236 g/mol. The molecule has 96 valence electrons. The van der Waals surface area contributed by atoms with Gasteiger partial charge in [0, 0.05) is 6.04 Å². The van der Waals surface area contributed by atoms with Crippen LogP contribution in [0.1, 0.15) is 34.6 Å². The van der Waals surface area contributed by atoms with Crippen molar-refractivity contribution in [3.63, 3.8) is 0 Å². The maximum atomic E-state index is 6.09. The van der Waals surface area contributed by atoms with Crippen LogP contribution in [0.15, 0.2) is 18.2 Å². The molecule has 0 spiro atoms. The first-order chi connectivity index (χ1) is 7.91. The van der Waals surface area contributed by atoms with Crippen molar-refractivity contribution in [3.8, 4) is 5.75 Å². The highest BCUT2D eigenvalue weighted by molar-refractivity contribution is 5.73. The predicted molar refractivity (Wildman–Crippen MR) is 74.5 cm³/mol. The number of nitrogens with one attached hydrogen (secondary N) is 1. The van der Waals surface area contributed by atoms with E-state index in [0.29, 0.717) is 17.6 Å². The summed E-state index contributed by atoms with van der Waals surface area (Å²) < 4.78 is 5.66. The number of hydrogen-bond acceptors (Lipinski definition) is 3. The van der Waals surface area contributed by atoms with E-state index in [1.54, 1.807) is 0 Å². The number of rotatable bonds is 5. The molecule has 0 amide bonds. The zero-order valence-electron chi connectivity index (χ0n) is 11.4. The second-order valence-corrected chi connectivity index (χ2v) is 5.06. The molecule has 3 heteroatoms. The van der Waals surface area contributed by atoms with Crippen molar-refractivity contribution < 1.29 is 4.74 Å². The average Bonchev–Trinajstić information content (AvgIpc) is 2.23. The molecule has 0 aliphatic rings. The van der Waals surface area contributed by atoms with Crippen molar-refractivity contribution >= 4 is 11.4 Å². The van der Waals surface area contributed by atoms with Gasteiger partial charge in [-0.15, -0.1) is 0 Å². The minimum atomic E-state index is 0.134. The number of benzene rings is 1. The van der Waals surface area contributed by atoms with Gasteiger partial charge in [0.15, 0.2) is 0 Å². The maximum absolute atomic E-state index is 6.09. The fourth-order valence-corrected chi connectivity index (χ4v) is 1.44. The standard InChI is InChI=1S/C14H24N2O/c1-9(2)11(5)16-12-7-6-8-13(14(12)15)17-10(3)4/h6-11,16H,15H2,1-5H3. The largest absolute Gasteiger partial charge is 0.489 e. The molecule has 3 N–H and O–H groups in total. The Labute approximate surface area is 104 Å². The van der Waals surface area contributed by atoms with Crippen LogP contribution in [0.4, 0.5) is 11.4 Å². The van der Waals surface area contributed by atoms with Gasteiger partial charge in [0.2, 0.25) is 0 Å². The van der Waals surface area contributed by atoms with Gasteiger partial charge in [-0.3, -0.25) is 0 Å². The summed E-state index contributed by atoms with van der Waals surface area (Å²) in [5.74, 6) is 1.31. The molecule has 3 nitrogen and oxygen atoms in total. The normalized spacial score (nSPS) is 12.9. The summed E-state index contributed by atoms with van der Waals surface area (Å²) in [7, 11) is 0. The van der Waals surface area contributed by atoms with Crippen LogP contribution in [0, 0.1) is 5.92 Å². The van der Waals surface area contributed by atoms with Crippen LogP contribution < -0.4 is 15.8 Å². The van der Waals surface area contributed by atoms with Crippen molar-refractivity contribution in [1.82, 2.24) is 0 Å². The lowest BCUT2D eigenvalue weighted by atomic mass is 10.1. The summed E-state index contributed by atoms with van der Waals surface area (Å²) in [6.07, 6.45) is 0.134. The molecular formula is C14H24N2O. The zero-order chi connectivity index (χ0) is 13.0. The third-order valence-corrected chi connectivity index (χ3v) is 2.81. The fourth-order valence-electron chi connectivity index (χ4n) is 1.44. The highest BCUT2D eigenvalue weighted by Crippen LogP contribution is 2.31. The van der Waals surface area contributed by atoms with E-state index in [1.165, 1.54) is 0 Å². The van der Waals surface area contributed by atoms with Crippen molar-refractivity contribution in [2.75, 3.05) is 11.1 Å². The van der Waals surface area contributed by atoms with E-state index >= 15 is 0 Å². The van der Waals surface area contributed by atoms with Gasteiger partial charge in [0.25, 0.3) is 0 Å². The number of anilines is 2. The molecule has 0 fully saturated rings. The molecule has 0 saturated carbocycles. The molecule has 1 atom stereocenters. The molecule has 0 aliphatic carbocycles. The lowest BCUT2D eigenvalue weighted by Crippen LogP contribution is -2.22. The highest BCUT2D eigenvalue weighted by atomic mass is 16.5. The average molecular weight is 236 g/mol. The van der Waals surface area contributed by atoms with Crippen molar-refractivity contribution in [2.45, 2.75) is 46.8 Å². The predicted octanol–water partition coefficient (Wildman–Crippen LogP) is 3.51. The van der Waals surface area contributed by atoms with E-state index in [2.05, 4.69) is 26.1 Å². The Kier molecular flexibility index (Phi) is 4.67. The van der Waals surface area contributed by atoms with Gasteiger partial charge in [0.05, 0.1) is 17.5 Å². The van der Waals surface area contributed by atoms with E-state index in [9.17, 15) is 0 Å². The number of hydrogen-bond donors (Lipinski definition) is 2. The van der Waals surface area contributed by atoms with Crippen molar-refractivity contribution in [1.29, 1.82) is 0 Å². The third-order valence-electron chi connectivity index (χ3n) is 2.81. The quantitative estimate of drug-likeness (QED) is 0.769. The molecule has 1 aromatic carbocycles. The first kappa shape index (κ1) is 13.7. The first-order valence-corrected chi connectivity index (χ1v) is 6.23. The van der Waals surface area contributed by atoms with Crippen LogP contribution in [0.5, 0.6) is 5.75 Å². The molecule has 0 aromatic heterocycles. The summed E-state index contributed by atoms with van der Waals surface area (Å²) in [6, 6.07) is 6.23. The van der Waals surface area contributed by atoms with Gasteiger partial charge in [-0.05, 0) is 38.8 Å². The number of nitrogens with two attached hydrogens (primary N) is 1. The number of nitrogen functional groups attached to an aromatic ring is 1. The molecule has 0 aliphatic heterocycles. The van der Waals surface area contributed by atoms with Gasteiger partial charge in [-0.1, -0.05) is 19.9 Å². The SMILES string of the molecule is CC(C)Oc1cccc(NC(C)C(C)C)c1N. The lowest BCUT2D eigenvalue weighted by molar-refractivity contribution is 0.244. The number of ether oxygens (including phenoxy) is 1. The van der Waals surface area contributed by atoms with Gasteiger partial charge in [0.1, 0.15) is 5.75 Å². The molecule has 0 saturated heterocycles. The summed E-state index contributed by atoms with van der Waals surface area (Å²) >= 11 is 0. The zero-order valence-corrected chi connectivity index (χ0v) is 11.4. The second-order valence-electron chi connectivity index (χ2n) is 5.06. The van der Waals surface area contributed by atoms with Crippen LogP contribution in [-0.2, 0) is 0 Å². The Hall–Kier alpha value is -1.38. The van der Waals surface area contributed by atoms with Crippen LogP contribution >= 0.6 is 0 Å². The maximum Gasteiger partial charge on any atom is 0.144 e. The van der Waals surface area contributed by atoms with E-state index in [4.69, 9.17) is 10.5 Å². The van der Waals surface area contributed by atoms with Crippen molar-refractivity contribution in [3.05, 3.63) is 18.2 Å². The number of para-hydroxylation sites is 1. The minimum Gasteiger partial charge on any atom is -0.489 e. The molecule has 0 heterocycles. The molecular weight excluding hydrogens is 212 g/mol. The van der Waals surface area contributed by atoms with Crippen LogP contribution in [-0.4, -0.2) is 12.1 Å². The van der Waals surface area contributed by atoms with Gasteiger partial charge >= 0.3 is 0 Å². The topological polar surface area (TPSA) is 47.3 Å². The Bertz CT molecular complexity index is 361. The molecule has 1 unspecified atom stereocenters. The summed E-state index contributed by atoms with van der Waals surface area (Å²) in [5.41, 5.74) is 7.73. The van der Waals surface area contributed by atoms with E-state index in [0.717, 1.165) is 11.4 Å². The van der Waals surface area contributed by atoms with Crippen molar-refractivity contribution in [2.24, 2.45) is 5.92 Å². The molecule has 17 heavy (non-hydrogen) atoms. The van der Waals surface area contributed by atoms with E-state index < -0.39 is 0 Å². The Morgan fingerprint density at radius 3 is 2.29 bits per heavy atom. The summed E-state index contributed by atoms with van der Waals surface area (Å²) in [5, 5.41) is 3.42. The fraction of sp³-hybridized carbons (Fsp3) is 0.571. The molecule has 0 radical (unpaired) electrons. The van der Waals surface area contributed by atoms with Gasteiger partial charge in [-0.2, -0.15) is 0 Å². The smallest absolute Gasteiger partial charge is 0.144 e. The van der Waals surface area contributed by atoms with Crippen LogP contribution in [0.3, 0.4) is 0 Å². The summed E-state index contributed by atoms with van der Waals surface area (Å²) in [4.78, 5) is 0.